The van der Waals surface area contributed by atoms with E-state index < -0.39 is 10.0 Å². The zero-order valence-electron chi connectivity index (χ0n) is 17.4. The summed E-state index contributed by atoms with van der Waals surface area (Å²) in [7, 11) is -0.334. The van der Waals surface area contributed by atoms with Crippen LogP contribution in [0.4, 0.5) is 0 Å². The summed E-state index contributed by atoms with van der Waals surface area (Å²) in [6, 6.07) is 14.4. The van der Waals surface area contributed by atoms with Crippen molar-refractivity contribution in [2.45, 2.75) is 31.1 Å². The molecular formula is C22H24ClN3O4S. The molecule has 164 valence electrons. The third kappa shape index (κ3) is 4.48. The van der Waals surface area contributed by atoms with Crippen molar-refractivity contribution in [2.24, 2.45) is 7.05 Å². The quantitative estimate of drug-likeness (QED) is 0.538. The lowest BCUT2D eigenvalue weighted by Crippen LogP contribution is -2.36. The number of halogens is 1. The van der Waals surface area contributed by atoms with E-state index in [1.165, 1.54) is 23.5 Å². The number of sulfonamides is 1. The average molecular weight is 462 g/mol. The van der Waals surface area contributed by atoms with Gasteiger partial charge >= 0.3 is 0 Å². The molecule has 9 heteroatoms. The van der Waals surface area contributed by atoms with Gasteiger partial charge in [-0.1, -0.05) is 41.9 Å². The minimum absolute atomic E-state index is 0.146. The van der Waals surface area contributed by atoms with Crippen LogP contribution in [0.25, 0.3) is 0 Å². The minimum Gasteiger partial charge on any atom is -0.495 e. The Bertz CT molecular complexity index is 1180. The average Bonchev–Trinajstić information content (AvgIpc) is 3.09. The highest BCUT2D eigenvalue weighted by Gasteiger charge is 2.32. The van der Waals surface area contributed by atoms with Crippen LogP contribution >= 0.6 is 11.6 Å². The van der Waals surface area contributed by atoms with E-state index in [0.29, 0.717) is 31.9 Å². The first-order chi connectivity index (χ1) is 14.9. The molecule has 0 fully saturated rings. The molecule has 0 unspecified atom stereocenters. The Hall–Kier alpha value is -2.39. The van der Waals surface area contributed by atoms with Gasteiger partial charge in [0.2, 0.25) is 10.0 Å². The molecule has 3 aromatic rings. The normalized spacial score (nSPS) is 14.4. The summed E-state index contributed by atoms with van der Waals surface area (Å²) in [6.45, 7) is 1.42. The number of aromatic nitrogens is 2. The molecule has 31 heavy (non-hydrogen) atoms. The molecule has 1 aliphatic heterocycles. The van der Waals surface area contributed by atoms with Crippen molar-refractivity contribution in [1.82, 2.24) is 14.1 Å². The molecule has 7 nitrogen and oxygen atoms in total. The Labute approximate surface area is 187 Å². The Kier molecular flexibility index (Phi) is 6.34. The lowest BCUT2D eigenvalue weighted by molar-refractivity contribution is 0.103. The first-order valence-corrected chi connectivity index (χ1v) is 11.7. The van der Waals surface area contributed by atoms with E-state index >= 15 is 0 Å². The Morgan fingerprint density at radius 1 is 1.13 bits per heavy atom. The second kappa shape index (κ2) is 9.00. The molecule has 0 atom stereocenters. The maximum atomic E-state index is 13.2. The number of hydrogen-bond donors (Lipinski definition) is 0. The van der Waals surface area contributed by atoms with Gasteiger partial charge in [-0.15, -0.1) is 0 Å². The van der Waals surface area contributed by atoms with Crippen LogP contribution in [0.1, 0.15) is 22.5 Å². The molecule has 0 amide bonds. The van der Waals surface area contributed by atoms with Gasteiger partial charge in [0.25, 0.3) is 0 Å². The summed E-state index contributed by atoms with van der Waals surface area (Å²) in [5, 5.41) is 4.84. The lowest BCUT2D eigenvalue weighted by atomic mass is 10.1. The molecule has 4 rings (SSSR count). The molecule has 1 aromatic heterocycles. The van der Waals surface area contributed by atoms with E-state index in [9.17, 15) is 8.42 Å². The number of benzene rings is 2. The van der Waals surface area contributed by atoms with Crippen LogP contribution in [-0.4, -0.2) is 36.2 Å². The number of hydrogen-bond acceptors (Lipinski definition) is 5. The Balaban J connectivity index is 1.52. The summed E-state index contributed by atoms with van der Waals surface area (Å²) in [6.07, 6.45) is 0.584. The number of fused-ring (bicyclic) bond motifs is 1. The van der Waals surface area contributed by atoms with Gasteiger partial charge in [0.1, 0.15) is 5.75 Å². The third-order valence-corrected chi connectivity index (χ3v) is 7.54. The van der Waals surface area contributed by atoms with E-state index in [1.54, 1.807) is 6.07 Å². The molecule has 1 aliphatic rings. The largest absolute Gasteiger partial charge is 0.495 e. The SMILES string of the molecule is COc1ccc(S(=O)(=O)N2CCc3c(c(COCc4ccccc4)nn3C)C2)cc1Cl. The van der Waals surface area contributed by atoms with Crippen molar-refractivity contribution in [2.75, 3.05) is 13.7 Å². The molecule has 0 radical (unpaired) electrons. The molecule has 0 saturated heterocycles. The first-order valence-electron chi connectivity index (χ1n) is 9.89. The summed E-state index contributed by atoms with van der Waals surface area (Å²) in [5.74, 6) is 0.437. The van der Waals surface area contributed by atoms with E-state index in [1.807, 2.05) is 42.1 Å². The predicted octanol–water partition coefficient (Wildman–Crippen LogP) is 3.55. The van der Waals surface area contributed by atoms with E-state index in [-0.39, 0.29) is 16.5 Å². The fourth-order valence-electron chi connectivity index (χ4n) is 3.76. The van der Waals surface area contributed by atoms with Crippen LogP contribution < -0.4 is 4.74 Å². The third-order valence-electron chi connectivity index (χ3n) is 5.40. The van der Waals surface area contributed by atoms with Crippen LogP contribution in [0.15, 0.2) is 53.4 Å². The number of nitrogens with zero attached hydrogens (tertiary/aromatic N) is 3. The molecule has 0 N–H and O–H groups in total. The van der Waals surface area contributed by atoms with Crippen molar-refractivity contribution in [3.63, 3.8) is 0 Å². The number of aryl methyl sites for hydroxylation is 1. The van der Waals surface area contributed by atoms with Crippen molar-refractivity contribution in [1.29, 1.82) is 0 Å². The molecule has 0 bridgehead atoms. The highest BCUT2D eigenvalue weighted by molar-refractivity contribution is 7.89. The monoisotopic (exact) mass is 461 g/mol. The summed E-state index contributed by atoms with van der Waals surface area (Å²) in [5.41, 5.74) is 3.79. The van der Waals surface area contributed by atoms with E-state index in [4.69, 9.17) is 21.1 Å². The van der Waals surface area contributed by atoms with Crippen molar-refractivity contribution in [3.8, 4) is 5.75 Å². The summed E-state index contributed by atoms with van der Waals surface area (Å²) in [4.78, 5) is 0.146. The van der Waals surface area contributed by atoms with E-state index in [2.05, 4.69) is 5.10 Å². The van der Waals surface area contributed by atoms with Gasteiger partial charge in [0, 0.05) is 37.8 Å². The van der Waals surface area contributed by atoms with Crippen LogP contribution in [0.3, 0.4) is 0 Å². The maximum Gasteiger partial charge on any atom is 0.243 e. The number of ether oxygens (including phenoxy) is 2. The molecule has 2 heterocycles. The topological polar surface area (TPSA) is 73.7 Å². The highest BCUT2D eigenvalue weighted by Crippen LogP contribution is 2.31. The molecule has 2 aromatic carbocycles. The first kappa shape index (κ1) is 21.8. The van der Waals surface area contributed by atoms with Crippen LogP contribution in [0.5, 0.6) is 5.75 Å². The second-order valence-corrected chi connectivity index (χ2v) is 9.70. The van der Waals surface area contributed by atoms with Crippen molar-refractivity contribution < 1.29 is 17.9 Å². The zero-order chi connectivity index (χ0) is 22.0. The fourth-order valence-corrected chi connectivity index (χ4v) is 5.52. The standard InChI is InChI=1S/C22H24ClN3O4S/c1-25-21-10-11-26(31(27,28)17-8-9-22(29-2)19(23)12-17)13-18(21)20(24-25)15-30-14-16-6-4-3-5-7-16/h3-9,12H,10-11,13-15H2,1-2H3. The lowest BCUT2D eigenvalue weighted by Gasteiger charge is -2.27. The smallest absolute Gasteiger partial charge is 0.243 e. The van der Waals surface area contributed by atoms with Gasteiger partial charge in [-0.25, -0.2) is 8.42 Å². The second-order valence-electron chi connectivity index (χ2n) is 7.36. The summed E-state index contributed by atoms with van der Waals surface area (Å²) < 4.78 is 40.7. The van der Waals surface area contributed by atoms with E-state index in [0.717, 1.165) is 22.5 Å². The molecule has 0 aliphatic carbocycles. The van der Waals surface area contributed by atoms with Gasteiger partial charge in [-0.3, -0.25) is 4.68 Å². The summed E-state index contributed by atoms with van der Waals surface area (Å²) >= 11 is 6.15. The number of methoxy groups -OCH3 is 1. The predicted molar refractivity (Wildman–Crippen MR) is 117 cm³/mol. The van der Waals surface area contributed by atoms with Gasteiger partial charge in [-0.05, 0) is 23.8 Å². The van der Waals surface area contributed by atoms with Crippen molar-refractivity contribution in [3.05, 3.63) is 76.1 Å². The molecule has 0 saturated carbocycles. The maximum absolute atomic E-state index is 13.2. The van der Waals surface area contributed by atoms with Crippen LogP contribution in [0, 0.1) is 0 Å². The van der Waals surface area contributed by atoms with Gasteiger partial charge in [0.05, 0.1) is 35.9 Å². The Morgan fingerprint density at radius 3 is 2.61 bits per heavy atom. The Morgan fingerprint density at radius 2 is 1.90 bits per heavy atom. The zero-order valence-corrected chi connectivity index (χ0v) is 19.0. The molecular weight excluding hydrogens is 438 g/mol. The van der Waals surface area contributed by atoms with Crippen molar-refractivity contribution >= 4 is 21.6 Å². The van der Waals surface area contributed by atoms with Crippen LogP contribution in [0.2, 0.25) is 5.02 Å². The number of rotatable bonds is 7. The minimum atomic E-state index is -3.71. The van der Waals surface area contributed by atoms with Crippen LogP contribution in [-0.2, 0) is 48.0 Å². The van der Waals surface area contributed by atoms with Gasteiger partial charge < -0.3 is 9.47 Å². The fraction of sp³-hybridized carbons (Fsp3) is 0.318. The highest BCUT2D eigenvalue weighted by atomic mass is 35.5. The van der Waals surface area contributed by atoms with Gasteiger partial charge in [-0.2, -0.15) is 9.40 Å². The molecule has 0 spiro atoms. The van der Waals surface area contributed by atoms with Gasteiger partial charge in [0.15, 0.2) is 0 Å².